The van der Waals surface area contributed by atoms with Crippen LogP contribution < -0.4 is 5.32 Å². The van der Waals surface area contributed by atoms with Crippen LogP contribution in [-0.2, 0) is 9.59 Å². The summed E-state index contributed by atoms with van der Waals surface area (Å²) in [6, 6.07) is 6.56. The van der Waals surface area contributed by atoms with Gasteiger partial charge in [-0.1, -0.05) is 12.1 Å². The maximum Gasteiger partial charge on any atom is 0.146 e. The molecule has 0 aliphatic carbocycles. The van der Waals surface area contributed by atoms with Crippen LogP contribution in [0.25, 0.3) is 0 Å². The van der Waals surface area contributed by atoms with E-state index in [9.17, 15) is 4.39 Å². The van der Waals surface area contributed by atoms with E-state index in [1.54, 1.807) is 25.2 Å². The van der Waals surface area contributed by atoms with Crippen LogP contribution in [0.15, 0.2) is 24.3 Å². The van der Waals surface area contributed by atoms with Crippen LogP contribution in [0.5, 0.6) is 0 Å². The summed E-state index contributed by atoms with van der Waals surface area (Å²) in [7, 11) is 1.69. The molecule has 1 aromatic rings. The molecule has 0 unspecified atom stereocenters. The average Bonchev–Trinajstić information content (AvgIpc) is 2.24. The highest BCUT2D eigenvalue weighted by Gasteiger charge is 1.93. The van der Waals surface area contributed by atoms with Crippen LogP contribution in [0.4, 0.5) is 10.1 Å². The van der Waals surface area contributed by atoms with Crippen molar-refractivity contribution in [1.82, 2.24) is 0 Å². The molecule has 0 aliphatic rings. The molecule has 0 saturated heterocycles. The van der Waals surface area contributed by atoms with Crippen molar-refractivity contribution in [3.63, 3.8) is 0 Å². The molecular weight excluding hydrogens is 173 g/mol. The average molecular weight is 185 g/mol. The van der Waals surface area contributed by atoms with Crippen molar-refractivity contribution in [2.45, 2.75) is 0 Å². The second kappa shape index (κ2) is 10.3. The molecule has 0 aromatic heterocycles. The summed E-state index contributed by atoms with van der Waals surface area (Å²) in [4.78, 5) is 16.0. The highest BCUT2D eigenvalue weighted by Crippen LogP contribution is 2.10. The highest BCUT2D eigenvalue weighted by atomic mass is 19.1. The topological polar surface area (TPSA) is 46.2 Å². The first kappa shape index (κ1) is 13.9. The molecule has 0 fully saturated rings. The van der Waals surface area contributed by atoms with Gasteiger partial charge in [-0.05, 0) is 12.1 Å². The van der Waals surface area contributed by atoms with Gasteiger partial charge in [0.25, 0.3) is 0 Å². The summed E-state index contributed by atoms with van der Waals surface area (Å²) in [6.07, 6.45) is 0. The summed E-state index contributed by atoms with van der Waals surface area (Å²) < 4.78 is 12.5. The number of rotatable bonds is 1. The van der Waals surface area contributed by atoms with Gasteiger partial charge in [-0.3, -0.25) is 0 Å². The molecule has 0 heterocycles. The van der Waals surface area contributed by atoms with Gasteiger partial charge in [0, 0.05) is 7.05 Å². The summed E-state index contributed by atoms with van der Waals surface area (Å²) in [6.45, 7) is 4.00. The number of hydrogen-bond donors (Lipinski definition) is 1. The molecule has 0 atom stereocenters. The van der Waals surface area contributed by atoms with E-state index in [1.807, 2.05) is 13.6 Å². The number of benzene rings is 1. The molecule has 1 rings (SSSR count). The van der Waals surface area contributed by atoms with Gasteiger partial charge < -0.3 is 14.9 Å². The number of nitrogens with one attached hydrogen (secondary N) is 1. The van der Waals surface area contributed by atoms with E-state index in [1.165, 1.54) is 6.07 Å². The Kier molecular flexibility index (Phi) is 11.0. The lowest BCUT2D eigenvalue weighted by atomic mass is 10.3. The van der Waals surface area contributed by atoms with Crippen LogP contribution in [0.3, 0.4) is 0 Å². The predicted molar refractivity (Wildman–Crippen MR) is 50.2 cm³/mol. The van der Waals surface area contributed by atoms with Gasteiger partial charge in [0.15, 0.2) is 0 Å². The van der Waals surface area contributed by atoms with Crippen molar-refractivity contribution in [2.75, 3.05) is 12.4 Å². The molecule has 1 N–H and O–H groups in total. The van der Waals surface area contributed by atoms with E-state index in [2.05, 4.69) is 5.32 Å². The van der Waals surface area contributed by atoms with Gasteiger partial charge >= 0.3 is 0 Å². The maximum absolute atomic E-state index is 12.5. The molecule has 1 aromatic carbocycles. The predicted octanol–water partition coefficient (Wildman–Crippen LogP) is 1.50. The molecule has 72 valence electrons. The molecule has 0 bridgehead atoms. The van der Waals surface area contributed by atoms with Gasteiger partial charge in [-0.2, -0.15) is 0 Å². The number of carbonyl (C=O) groups excluding carboxylic acids is 2. The quantitative estimate of drug-likeness (QED) is 0.721. The Balaban J connectivity index is 0. The van der Waals surface area contributed by atoms with E-state index in [0.29, 0.717) is 5.69 Å². The maximum atomic E-state index is 12.5. The largest absolute Gasteiger partial charge is 0.386 e. The number of anilines is 1. The second-order valence-corrected chi connectivity index (χ2v) is 1.73. The Morgan fingerprint density at radius 2 is 1.62 bits per heavy atom. The zero-order valence-corrected chi connectivity index (χ0v) is 7.42. The lowest BCUT2D eigenvalue weighted by Gasteiger charge is -1.97. The smallest absolute Gasteiger partial charge is 0.146 e. The van der Waals surface area contributed by atoms with E-state index in [0.717, 1.165) is 0 Å². The van der Waals surface area contributed by atoms with Gasteiger partial charge in [0.05, 0.1) is 5.69 Å². The summed E-state index contributed by atoms with van der Waals surface area (Å²) >= 11 is 0. The summed E-state index contributed by atoms with van der Waals surface area (Å²) in [5.74, 6) is -0.208. The number of carbonyl (C=O) groups is 2. The third-order valence-electron chi connectivity index (χ3n) is 1.14. The molecule has 3 nitrogen and oxygen atoms in total. The first-order valence-corrected chi connectivity index (χ1v) is 3.34. The molecule has 13 heavy (non-hydrogen) atoms. The zero-order chi connectivity index (χ0) is 10.7. The van der Waals surface area contributed by atoms with Crippen LogP contribution in [0.2, 0.25) is 0 Å². The van der Waals surface area contributed by atoms with E-state index in [-0.39, 0.29) is 5.82 Å². The Labute approximate surface area is 76.6 Å². The third kappa shape index (κ3) is 5.55. The first-order chi connectivity index (χ1) is 6.34. The third-order valence-corrected chi connectivity index (χ3v) is 1.14. The number of halogens is 1. The Morgan fingerprint density at radius 1 is 1.15 bits per heavy atom. The van der Waals surface area contributed by atoms with Crippen LogP contribution in [0, 0.1) is 5.82 Å². The fourth-order valence-electron chi connectivity index (χ4n) is 0.664. The van der Waals surface area contributed by atoms with Crippen LogP contribution >= 0.6 is 0 Å². The van der Waals surface area contributed by atoms with E-state index in [4.69, 9.17) is 9.59 Å². The molecule has 0 saturated carbocycles. The molecule has 0 radical (unpaired) electrons. The highest BCUT2D eigenvalue weighted by molar-refractivity contribution is 5.43. The standard InChI is InChI=1S/C7H8FN.2CH2O/c1-9-7-5-3-2-4-6(7)8;2*1-2/h2-5,9H,1H3;2*1H2. The molecule has 0 amide bonds. The van der Waals surface area contributed by atoms with Gasteiger partial charge in [-0.15, -0.1) is 0 Å². The Hall–Kier alpha value is -1.71. The normalized spacial score (nSPS) is 6.92. The monoisotopic (exact) mass is 185 g/mol. The minimum Gasteiger partial charge on any atom is -0.386 e. The Morgan fingerprint density at radius 3 is 1.92 bits per heavy atom. The summed E-state index contributed by atoms with van der Waals surface area (Å²) in [5, 5.41) is 2.72. The fraction of sp³-hybridized carbons (Fsp3) is 0.111. The molecule has 4 heteroatoms. The van der Waals surface area contributed by atoms with Gasteiger partial charge in [0.1, 0.15) is 19.4 Å². The minimum atomic E-state index is -0.208. The number of hydrogen-bond acceptors (Lipinski definition) is 3. The molecular formula is C9H12FNO2. The lowest BCUT2D eigenvalue weighted by molar-refractivity contribution is -0.0987. The minimum absolute atomic E-state index is 0.208. The SMILES string of the molecule is C=O.C=O.CNc1ccccc1F. The van der Waals surface area contributed by atoms with E-state index < -0.39 is 0 Å². The fourth-order valence-corrected chi connectivity index (χ4v) is 0.664. The lowest BCUT2D eigenvalue weighted by Crippen LogP contribution is -1.90. The van der Waals surface area contributed by atoms with Crippen LogP contribution in [0.1, 0.15) is 0 Å². The van der Waals surface area contributed by atoms with Crippen molar-refractivity contribution >= 4 is 19.3 Å². The summed E-state index contributed by atoms with van der Waals surface area (Å²) in [5.41, 5.74) is 0.539. The Bertz CT molecular complexity index is 229. The van der Waals surface area contributed by atoms with Crippen LogP contribution in [-0.4, -0.2) is 20.6 Å². The van der Waals surface area contributed by atoms with Crippen molar-refractivity contribution in [1.29, 1.82) is 0 Å². The van der Waals surface area contributed by atoms with Crippen molar-refractivity contribution in [3.8, 4) is 0 Å². The van der Waals surface area contributed by atoms with Crippen molar-refractivity contribution < 1.29 is 14.0 Å². The van der Waals surface area contributed by atoms with Gasteiger partial charge in [-0.25, -0.2) is 4.39 Å². The van der Waals surface area contributed by atoms with Crippen molar-refractivity contribution in [3.05, 3.63) is 30.1 Å². The first-order valence-electron chi connectivity index (χ1n) is 3.34. The number of para-hydroxylation sites is 1. The van der Waals surface area contributed by atoms with Crippen molar-refractivity contribution in [2.24, 2.45) is 0 Å². The molecule has 0 aliphatic heterocycles. The molecule has 0 spiro atoms. The zero-order valence-electron chi connectivity index (χ0n) is 7.42. The van der Waals surface area contributed by atoms with Gasteiger partial charge in [0.2, 0.25) is 0 Å². The second-order valence-electron chi connectivity index (χ2n) is 1.73. The van der Waals surface area contributed by atoms with E-state index >= 15 is 0 Å².